The van der Waals surface area contributed by atoms with Crippen molar-refractivity contribution < 1.29 is 4.79 Å². The molecule has 0 aliphatic rings. The average Bonchev–Trinajstić information content (AvgIpc) is 2.29. The fraction of sp³-hybridized carbons (Fsp3) is 0.417. The SMILES string of the molecule is CCC(C)NCC(=O)Nc1ccc(I)cc1Br. The van der Waals surface area contributed by atoms with Crippen LogP contribution in [0.4, 0.5) is 5.69 Å². The minimum absolute atomic E-state index is 0.0211. The molecule has 3 nitrogen and oxygen atoms in total. The van der Waals surface area contributed by atoms with Crippen molar-refractivity contribution >= 4 is 50.1 Å². The number of halogens is 2. The molecular formula is C12H16BrIN2O. The minimum atomic E-state index is -0.0211. The highest BCUT2D eigenvalue weighted by Gasteiger charge is 2.07. The number of carbonyl (C=O) groups excluding carboxylic acids is 1. The van der Waals surface area contributed by atoms with E-state index < -0.39 is 0 Å². The molecule has 94 valence electrons. The van der Waals surface area contributed by atoms with Gasteiger partial charge in [0, 0.05) is 14.1 Å². The molecule has 0 aliphatic heterocycles. The Labute approximate surface area is 124 Å². The van der Waals surface area contributed by atoms with Crippen LogP contribution in [-0.4, -0.2) is 18.5 Å². The van der Waals surface area contributed by atoms with Gasteiger partial charge in [0.15, 0.2) is 0 Å². The summed E-state index contributed by atoms with van der Waals surface area (Å²) in [6, 6.07) is 6.19. The second-order valence-corrected chi connectivity index (χ2v) is 5.96. The van der Waals surface area contributed by atoms with Crippen molar-refractivity contribution in [1.29, 1.82) is 0 Å². The molecule has 1 aromatic carbocycles. The largest absolute Gasteiger partial charge is 0.324 e. The third kappa shape index (κ3) is 5.35. The summed E-state index contributed by atoms with van der Waals surface area (Å²) in [7, 11) is 0. The summed E-state index contributed by atoms with van der Waals surface area (Å²) in [6.07, 6.45) is 1.01. The van der Waals surface area contributed by atoms with Crippen LogP contribution in [0.1, 0.15) is 20.3 Å². The number of hydrogen-bond donors (Lipinski definition) is 2. The number of amides is 1. The van der Waals surface area contributed by atoms with E-state index in [0.717, 1.165) is 20.2 Å². The third-order valence-electron chi connectivity index (χ3n) is 2.43. The Hall–Kier alpha value is -0.140. The summed E-state index contributed by atoms with van der Waals surface area (Å²) in [4.78, 5) is 11.7. The van der Waals surface area contributed by atoms with Gasteiger partial charge in [0.25, 0.3) is 0 Å². The molecule has 0 aromatic heterocycles. The summed E-state index contributed by atoms with van der Waals surface area (Å²) in [5, 5.41) is 6.02. The smallest absolute Gasteiger partial charge is 0.238 e. The van der Waals surface area contributed by atoms with E-state index in [1.165, 1.54) is 0 Å². The Morgan fingerprint density at radius 2 is 2.24 bits per heavy atom. The fourth-order valence-electron chi connectivity index (χ4n) is 1.20. The van der Waals surface area contributed by atoms with E-state index in [1.54, 1.807) is 0 Å². The van der Waals surface area contributed by atoms with Crippen LogP contribution in [0.2, 0.25) is 0 Å². The molecule has 0 aliphatic carbocycles. The van der Waals surface area contributed by atoms with Crippen molar-refractivity contribution in [3.8, 4) is 0 Å². The first-order valence-electron chi connectivity index (χ1n) is 5.51. The molecule has 0 bridgehead atoms. The molecule has 0 saturated heterocycles. The molecule has 1 aromatic rings. The van der Waals surface area contributed by atoms with Gasteiger partial charge in [-0.25, -0.2) is 0 Å². The van der Waals surface area contributed by atoms with Gasteiger partial charge < -0.3 is 10.6 Å². The summed E-state index contributed by atoms with van der Waals surface area (Å²) in [6.45, 7) is 4.49. The highest BCUT2D eigenvalue weighted by molar-refractivity contribution is 14.1. The third-order valence-corrected chi connectivity index (χ3v) is 3.76. The van der Waals surface area contributed by atoms with Crippen LogP contribution in [0.3, 0.4) is 0 Å². The van der Waals surface area contributed by atoms with E-state index in [-0.39, 0.29) is 5.91 Å². The number of rotatable bonds is 5. The van der Waals surface area contributed by atoms with Crippen molar-refractivity contribution in [3.05, 3.63) is 26.2 Å². The van der Waals surface area contributed by atoms with E-state index in [0.29, 0.717) is 12.6 Å². The van der Waals surface area contributed by atoms with Crippen LogP contribution in [0.5, 0.6) is 0 Å². The standard InChI is InChI=1S/C12H16BrIN2O/c1-3-8(2)15-7-12(17)16-11-5-4-9(14)6-10(11)13/h4-6,8,15H,3,7H2,1-2H3,(H,16,17). The lowest BCUT2D eigenvalue weighted by atomic mass is 10.2. The van der Waals surface area contributed by atoms with Crippen LogP contribution in [-0.2, 0) is 4.79 Å². The Kier molecular flexibility index (Phi) is 6.43. The van der Waals surface area contributed by atoms with Gasteiger partial charge in [-0.3, -0.25) is 4.79 Å². The van der Waals surface area contributed by atoms with E-state index >= 15 is 0 Å². The van der Waals surface area contributed by atoms with Crippen molar-refractivity contribution in [1.82, 2.24) is 5.32 Å². The van der Waals surface area contributed by atoms with Crippen molar-refractivity contribution in [3.63, 3.8) is 0 Å². The van der Waals surface area contributed by atoms with Crippen LogP contribution < -0.4 is 10.6 Å². The monoisotopic (exact) mass is 410 g/mol. The van der Waals surface area contributed by atoms with Crippen LogP contribution >= 0.6 is 38.5 Å². The van der Waals surface area contributed by atoms with E-state index in [1.807, 2.05) is 18.2 Å². The normalized spacial score (nSPS) is 12.2. The molecule has 0 spiro atoms. The lowest BCUT2D eigenvalue weighted by molar-refractivity contribution is -0.115. The number of hydrogen-bond acceptors (Lipinski definition) is 2. The minimum Gasteiger partial charge on any atom is -0.324 e. The highest BCUT2D eigenvalue weighted by Crippen LogP contribution is 2.24. The number of carbonyl (C=O) groups is 1. The maximum absolute atomic E-state index is 11.7. The summed E-state index contributed by atoms with van der Waals surface area (Å²) in [5.74, 6) is -0.0211. The van der Waals surface area contributed by atoms with Gasteiger partial charge in [-0.1, -0.05) is 6.92 Å². The quantitative estimate of drug-likeness (QED) is 0.730. The maximum atomic E-state index is 11.7. The first-order chi connectivity index (χ1) is 8.02. The molecule has 1 unspecified atom stereocenters. The molecule has 1 atom stereocenters. The van der Waals surface area contributed by atoms with Crippen molar-refractivity contribution in [2.45, 2.75) is 26.3 Å². The predicted octanol–water partition coefficient (Wildman–Crippen LogP) is 3.38. The molecular weight excluding hydrogens is 395 g/mol. The second-order valence-electron chi connectivity index (χ2n) is 3.86. The molecule has 0 saturated carbocycles. The van der Waals surface area contributed by atoms with Gasteiger partial charge >= 0.3 is 0 Å². The van der Waals surface area contributed by atoms with Crippen LogP contribution in [0.25, 0.3) is 0 Å². The number of benzene rings is 1. The maximum Gasteiger partial charge on any atom is 0.238 e. The molecule has 5 heteroatoms. The Morgan fingerprint density at radius 1 is 1.53 bits per heavy atom. The molecule has 0 heterocycles. The Morgan fingerprint density at radius 3 is 2.82 bits per heavy atom. The van der Waals surface area contributed by atoms with E-state index in [4.69, 9.17) is 0 Å². The van der Waals surface area contributed by atoms with Gasteiger partial charge in [0.1, 0.15) is 0 Å². The van der Waals surface area contributed by atoms with Crippen molar-refractivity contribution in [2.75, 3.05) is 11.9 Å². The van der Waals surface area contributed by atoms with Gasteiger partial charge in [-0.2, -0.15) is 0 Å². The number of anilines is 1. The first-order valence-corrected chi connectivity index (χ1v) is 7.38. The van der Waals surface area contributed by atoms with Gasteiger partial charge in [-0.05, 0) is 70.1 Å². The second kappa shape index (κ2) is 7.33. The lowest BCUT2D eigenvalue weighted by Crippen LogP contribution is -2.34. The Balaban J connectivity index is 2.50. The first kappa shape index (κ1) is 14.9. The zero-order valence-corrected chi connectivity index (χ0v) is 13.6. The lowest BCUT2D eigenvalue weighted by Gasteiger charge is -2.12. The molecule has 17 heavy (non-hydrogen) atoms. The molecule has 0 fully saturated rings. The topological polar surface area (TPSA) is 41.1 Å². The van der Waals surface area contributed by atoms with Gasteiger partial charge in [0.05, 0.1) is 12.2 Å². The van der Waals surface area contributed by atoms with E-state index in [9.17, 15) is 4.79 Å². The summed E-state index contributed by atoms with van der Waals surface area (Å²) >= 11 is 5.66. The molecule has 1 amide bonds. The van der Waals surface area contributed by atoms with Crippen LogP contribution in [0, 0.1) is 3.57 Å². The van der Waals surface area contributed by atoms with Gasteiger partial charge in [-0.15, -0.1) is 0 Å². The summed E-state index contributed by atoms with van der Waals surface area (Å²) < 4.78 is 2.03. The highest BCUT2D eigenvalue weighted by atomic mass is 127. The average molecular weight is 411 g/mol. The molecule has 0 radical (unpaired) electrons. The zero-order valence-electron chi connectivity index (χ0n) is 9.89. The molecule has 1 rings (SSSR count). The van der Waals surface area contributed by atoms with E-state index in [2.05, 4.69) is 63.0 Å². The van der Waals surface area contributed by atoms with Gasteiger partial charge in [0.2, 0.25) is 5.91 Å². The van der Waals surface area contributed by atoms with Crippen LogP contribution in [0.15, 0.2) is 22.7 Å². The summed E-state index contributed by atoms with van der Waals surface area (Å²) in [5.41, 5.74) is 0.807. The predicted molar refractivity (Wildman–Crippen MR) is 83.2 cm³/mol. The fourth-order valence-corrected chi connectivity index (χ4v) is 2.59. The van der Waals surface area contributed by atoms with Crippen molar-refractivity contribution in [2.24, 2.45) is 0 Å². The Bertz CT molecular complexity index is 398. The zero-order chi connectivity index (χ0) is 12.8. The molecule has 2 N–H and O–H groups in total. The number of nitrogens with one attached hydrogen (secondary N) is 2.